The minimum absolute atomic E-state index is 0. The molecule has 1 aliphatic carbocycles. The fraction of sp³-hybridized carbons (Fsp3) is 0.500. The molecular weight excluding hydrogens is 491 g/mol. The highest BCUT2D eigenvalue weighted by atomic mass is 127. The molecule has 1 saturated carbocycles. The van der Waals surface area contributed by atoms with E-state index in [1.54, 1.807) is 11.9 Å². The lowest BCUT2D eigenvalue weighted by Gasteiger charge is -2.31. The summed E-state index contributed by atoms with van der Waals surface area (Å²) in [5.41, 5.74) is 0.909. The van der Waals surface area contributed by atoms with E-state index in [0.29, 0.717) is 19.0 Å². The molecule has 30 heavy (non-hydrogen) atoms. The quantitative estimate of drug-likeness (QED) is 0.332. The molecule has 1 amide bonds. The van der Waals surface area contributed by atoms with Crippen LogP contribution in [0, 0.1) is 5.41 Å². The Morgan fingerprint density at radius 3 is 2.53 bits per heavy atom. The maximum Gasteiger partial charge on any atom is 0.230 e. The lowest BCUT2D eigenvalue weighted by molar-refractivity contribution is -0.138. The number of amides is 1. The number of carbonyl (C=O) groups excluding carboxylic acids is 1. The summed E-state index contributed by atoms with van der Waals surface area (Å²) in [4.78, 5) is 23.3. The van der Waals surface area contributed by atoms with Gasteiger partial charge in [0.2, 0.25) is 5.91 Å². The van der Waals surface area contributed by atoms with Crippen LogP contribution < -0.4 is 10.6 Å². The van der Waals surface area contributed by atoms with Gasteiger partial charge in [0.1, 0.15) is 5.82 Å². The van der Waals surface area contributed by atoms with Crippen molar-refractivity contribution in [2.75, 3.05) is 27.7 Å². The average Bonchev–Trinajstić information content (AvgIpc) is 3.38. The van der Waals surface area contributed by atoms with Gasteiger partial charge in [-0.3, -0.25) is 9.79 Å². The predicted molar refractivity (Wildman–Crippen MR) is 131 cm³/mol. The zero-order valence-electron chi connectivity index (χ0n) is 18.1. The monoisotopic (exact) mass is 524 g/mol. The maximum atomic E-state index is 12.7. The standard InChI is InChI=1S/C22H32N6O.HI/c1-23-21(26-17-22(11-7-8-12-22)20(29)27(2)3)25-15-19-24-13-14-28(19)16-18-9-5-4-6-10-18;/h4-6,9-10,13-14H,7-8,11-12,15-17H2,1-3H3,(H2,23,25,26);1H. The first kappa shape index (κ1) is 24.2. The Balaban J connectivity index is 0.00000320. The topological polar surface area (TPSA) is 74.5 Å². The summed E-state index contributed by atoms with van der Waals surface area (Å²) in [6, 6.07) is 10.3. The van der Waals surface area contributed by atoms with Crippen LogP contribution in [0.15, 0.2) is 47.7 Å². The summed E-state index contributed by atoms with van der Waals surface area (Å²) in [5.74, 6) is 1.84. The molecular formula is C22H33IN6O. The minimum atomic E-state index is -0.326. The number of nitrogens with one attached hydrogen (secondary N) is 2. The highest BCUT2D eigenvalue weighted by molar-refractivity contribution is 14.0. The zero-order valence-corrected chi connectivity index (χ0v) is 20.4. The number of imidazole rings is 1. The molecule has 0 aliphatic heterocycles. The van der Waals surface area contributed by atoms with Gasteiger partial charge in [0.05, 0.1) is 12.0 Å². The molecule has 1 aromatic carbocycles. The Labute approximate surface area is 196 Å². The fourth-order valence-electron chi connectivity index (χ4n) is 4.06. The Hall–Kier alpha value is -2.10. The van der Waals surface area contributed by atoms with E-state index >= 15 is 0 Å². The van der Waals surface area contributed by atoms with Crippen molar-refractivity contribution >= 4 is 35.8 Å². The number of aliphatic imine (C=N–C) groups is 1. The van der Waals surface area contributed by atoms with Gasteiger partial charge in [-0.2, -0.15) is 0 Å². The van der Waals surface area contributed by atoms with Crippen LogP contribution in [0.25, 0.3) is 0 Å². The molecule has 1 aliphatic rings. The van der Waals surface area contributed by atoms with Crippen LogP contribution in [0.2, 0.25) is 0 Å². The fourth-order valence-corrected chi connectivity index (χ4v) is 4.06. The van der Waals surface area contributed by atoms with Crippen molar-refractivity contribution < 1.29 is 4.79 Å². The number of aromatic nitrogens is 2. The van der Waals surface area contributed by atoms with Gasteiger partial charge in [-0.15, -0.1) is 24.0 Å². The minimum Gasteiger partial charge on any atom is -0.355 e. The molecule has 164 valence electrons. The second-order valence-electron chi connectivity index (χ2n) is 7.92. The van der Waals surface area contributed by atoms with Crippen molar-refractivity contribution in [3.63, 3.8) is 0 Å². The van der Waals surface area contributed by atoms with Crippen molar-refractivity contribution in [3.8, 4) is 0 Å². The molecule has 0 unspecified atom stereocenters. The van der Waals surface area contributed by atoms with E-state index < -0.39 is 0 Å². The second kappa shape index (κ2) is 11.3. The second-order valence-corrected chi connectivity index (χ2v) is 7.92. The summed E-state index contributed by atoms with van der Waals surface area (Å²) in [6.07, 6.45) is 7.86. The van der Waals surface area contributed by atoms with Crippen LogP contribution in [0.3, 0.4) is 0 Å². The van der Waals surface area contributed by atoms with Gasteiger partial charge in [0.25, 0.3) is 0 Å². The third kappa shape index (κ3) is 5.96. The van der Waals surface area contributed by atoms with Gasteiger partial charge in [-0.25, -0.2) is 4.98 Å². The molecule has 1 fully saturated rings. The Morgan fingerprint density at radius 2 is 1.90 bits per heavy atom. The summed E-state index contributed by atoms with van der Waals surface area (Å²) in [6.45, 7) is 1.95. The lowest BCUT2D eigenvalue weighted by Crippen LogP contribution is -2.49. The van der Waals surface area contributed by atoms with E-state index in [1.165, 1.54) is 5.56 Å². The maximum absolute atomic E-state index is 12.7. The molecule has 0 atom stereocenters. The first-order chi connectivity index (χ1) is 14.0. The summed E-state index contributed by atoms with van der Waals surface area (Å²) in [5, 5.41) is 6.71. The number of benzene rings is 1. The molecule has 0 saturated heterocycles. The molecule has 3 rings (SSSR count). The Morgan fingerprint density at radius 1 is 1.20 bits per heavy atom. The largest absolute Gasteiger partial charge is 0.355 e. The first-order valence-electron chi connectivity index (χ1n) is 10.2. The van der Waals surface area contributed by atoms with Crippen molar-refractivity contribution in [2.45, 2.75) is 38.8 Å². The van der Waals surface area contributed by atoms with Gasteiger partial charge >= 0.3 is 0 Å². The van der Waals surface area contributed by atoms with E-state index in [0.717, 1.165) is 38.1 Å². The Kier molecular flexibility index (Phi) is 9.13. The van der Waals surface area contributed by atoms with Gasteiger partial charge in [-0.1, -0.05) is 43.2 Å². The van der Waals surface area contributed by atoms with E-state index in [2.05, 4.69) is 37.3 Å². The number of halogens is 1. The van der Waals surface area contributed by atoms with Crippen LogP contribution >= 0.6 is 24.0 Å². The third-order valence-corrected chi connectivity index (χ3v) is 5.65. The average molecular weight is 524 g/mol. The van der Waals surface area contributed by atoms with Gasteiger partial charge < -0.3 is 20.1 Å². The SMILES string of the molecule is CN=C(NCc1nccn1Cc1ccccc1)NCC1(C(=O)N(C)C)CCCC1.I. The third-order valence-electron chi connectivity index (χ3n) is 5.65. The van der Waals surface area contributed by atoms with Crippen LogP contribution in [-0.4, -0.2) is 54.0 Å². The number of hydrogen-bond acceptors (Lipinski definition) is 3. The van der Waals surface area contributed by atoms with Gasteiger partial charge in [-0.05, 0) is 18.4 Å². The summed E-state index contributed by atoms with van der Waals surface area (Å²) < 4.78 is 2.13. The number of carbonyl (C=O) groups is 1. The zero-order chi connectivity index (χ0) is 20.7. The van der Waals surface area contributed by atoms with E-state index in [4.69, 9.17) is 0 Å². The van der Waals surface area contributed by atoms with E-state index in [9.17, 15) is 4.79 Å². The van der Waals surface area contributed by atoms with Crippen LogP contribution in [0.1, 0.15) is 37.1 Å². The number of hydrogen-bond donors (Lipinski definition) is 2. The van der Waals surface area contributed by atoms with Gasteiger partial charge in [0, 0.05) is 46.6 Å². The molecule has 2 N–H and O–H groups in total. The van der Waals surface area contributed by atoms with Crippen molar-refractivity contribution in [1.82, 2.24) is 25.1 Å². The van der Waals surface area contributed by atoms with E-state index in [1.807, 2.05) is 44.7 Å². The summed E-state index contributed by atoms with van der Waals surface area (Å²) >= 11 is 0. The molecule has 8 heteroatoms. The normalized spacial score (nSPS) is 15.4. The first-order valence-corrected chi connectivity index (χ1v) is 10.2. The highest BCUT2D eigenvalue weighted by Gasteiger charge is 2.42. The summed E-state index contributed by atoms with van der Waals surface area (Å²) in [7, 11) is 5.42. The predicted octanol–water partition coefficient (Wildman–Crippen LogP) is 2.86. The smallest absolute Gasteiger partial charge is 0.230 e. The van der Waals surface area contributed by atoms with Crippen molar-refractivity contribution in [3.05, 3.63) is 54.1 Å². The molecule has 2 aromatic rings. The molecule has 1 aromatic heterocycles. The van der Waals surface area contributed by atoms with Crippen molar-refractivity contribution in [1.29, 1.82) is 0 Å². The molecule has 1 heterocycles. The van der Waals surface area contributed by atoms with Crippen LogP contribution in [-0.2, 0) is 17.9 Å². The number of guanidine groups is 1. The Bertz CT molecular complexity index is 827. The highest BCUT2D eigenvalue weighted by Crippen LogP contribution is 2.38. The molecule has 7 nitrogen and oxygen atoms in total. The van der Waals surface area contributed by atoms with Gasteiger partial charge in [0.15, 0.2) is 5.96 Å². The number of nitrogens with zero attached hydrogens (tertiary/aromatic N) is 4. The van der Waals surface area contributed by atoms with Crippen molar-refractivity contribution in [2.24, 2.45) is 10.4 Å². The van der Waals surface area contributed by atoms with E-state index in [-0.39, 0.29) is 35.3 Å². The van der Waals surface area contributed by atoms with Crippen LogP contribution in [0.4, 0.5) is 0 Å². The number of rotatable bonds is 7. The molecule has 0 spiro atoms. The molecule has 0 radical (unpaired) electrons. The lowest BCUT2D eigenvalue weighted by atomic mass is 9.84. The molecule has 0 bridgehead atoms. The van der Waals surface area contributed by atoms with Crippen LogP contribution in [0.5, 0.6) is 0 Å².